The molecule has 6 heteroatoms. The predicted octanol–water partition coefficient (Wildman–Crippen LogP) is 5.30. The smallest absolute Gasteiger partial charge is 0.196 e. The molecule has 134 valence electrons. The summed E-state index contributed by atoms with van der Waals surface area (Å²) in [5, 5.41) is 9.97. The molecule has 2 aromatic carbocycles. The van der Waals surface area contributed by atoms with Crippen molar-refractivity contribution in [2.75, 3.05) is 5.75 Å². The van der Waals surface area contributed by atoms with E-state index < -0.39 is 0 Å². The van der Waals surface area contributed by atoms with E-state index >= 15 is 0 Å². The number of hydrogen-bond donors (Lipinski definition) is 0. The van der Waals surface area contributed by atoms with Gasteiger partial charge in [-0.05, 0) is 24.3 Å². The Balaban J connectivity index is 2.04. The molecule has 0 bridgehead atoms. The normalized spacial score (nSPS) is 11.5. The first kappa shape index (κ1) is 18.7. The van der Waals surface area contributed by atoms with Crippen LogP contribution in [-0.2, 0) is 4.79 Å². The number of rotatable bonds is 5. The van der Waals surface area contributed by atoms with Crippen molar-refractivity contribution in [2.24, 2.45) is 5.41 Å². The molecular weight excluding hydrogens is 366 g/mol. The van der Waals surface area contributed by atoms with Gasteiger partial charge in [-0.15, -0.1) is 10.2 Å². The van der Waals surface area contributed by atoms with E-state index in [9.17, 15) is 4.79 Å². The molecule has 1 aromatic heterocycles. The lowest BCUT2D eigenvalue weighted by molar-refractivity contribution is -0.123. The summed E-state index contributed by atoms with van der Waals surface area (Å²) in [5.41, 5.74) is 1.36. The minimum absolute atomic E-state index is 0.171. The quantitative estimate of drug-likeness (QED) is 0.559. The van der Waals surface area contributed by atoms with Crippen molar-refractivity contribution >= 4 is 29.1 Å². The van der Waals surface area contributed by atoms with Crippen LogP contribution in [0, 0.1) is 5.41 Å². The second-order valence-electron chi connectivity index (χ2n) is 6.92. The van der Waals surface area contributed by atoms with E-state index in [1.54, 1.807) is 0 Å². The highest BCUT2D eigenvalue weighted by atomic mass is 35.5. The summed E-state index contributed by atoms with van der Waals surface area (Å²) >= 11 is 7.77. The van der Waals surface area contributed by atoms with Gasteiger partial charge in [-0.1, -0.05) is 74.5 Å². The van der Waals surface area contributed by atoms with Crippen LogP contribution in [0.15, 0.2) is 59.8 Å². The van der Waals surface area contributed by atoms with Gasteiger partial charge in [-0.2, -0.15) is 0 Å². The number of benzene rings is 2. The molecule has 0 atom stereocenters. The molecule has 0 amide bonds. The lowest BCUT2D eigenvalue weighted by Gasteiger charge is -2.16. The number of Topliss-reactive ketones (excluding diaryl/α,β-unsaturated/α-hetero) is 1. The van der Waals surface area contributed by atoms with Crippen LogP contribution >= 0.6 is 23.4 Å². The number of hydrogen-bond acceptors (Lipinski definition) is 4. The third kappa shape index (κ3) is 4.00. The monoisotopic (exact) mass is 385 g/mol. The molecule has 0 radical (unpaired) electrons. The molecule has 0 spiro atoms. The molecule has 0 unspecified atom stereocenters. The summed E-state index contributed by atoms with van der Waals surface area (Å²) in [4.78, 5) is 12.3. The van der Waals surface area contributed by atoms with Crippen LogP contribution in [0.5, 0.6) is 0 Å². The number of carbonyl (C=O) groups excluding carboxylic acids is 1. The summed E-state index contributed by atoms with van der Waals surface area (Å²) in [6, 6.07) is 17.4. The van der Waals surface area contributed by atoms with Crippen LogP contribution < -0.4 is 0 Å². The van der Waals surface area contributed by atoms with Gasteiger partial charge < -0.3 is 0 Å². The van der Waals surface area contributed by atoms with Crippen molar-refractivity contribution < 1.29 is 4.79 Å². The van der Waals surface area contributed by atoms with E-state index in [0.29, 0.717) is 21.8 Å². The molecular formula is C20H20ClN3OS. The van der Waals surface area contributed by atoms with Crippen LogP contribution in [0.2, 0.25) is 5.02 Å². The highest BCUT2D eigenvalue weighted by Gasteiger charge is 2.23. The molecule has 3 aromatic rings. The van der Waals surface area contributed by atoms with E-state index in [1.807, 2.05) is 79.9 Å². The minimum atomic E-state index is -0.379. The Bertz CT molecular complexity index is 916. The molecule has 0 saturated heterocycles. The molecule has 0 N–H and O–H groups in total. The van der Waals surface area contributed by atoms with Crippen molar-refractivity contribution in [2.45, 2.75) is 25.9 Å². The number of para-hydroxylation sites is 1. The number of aromatic nitrogens is 3. The topological polar surface area (TPSA) is 47.8 Å². The zero-order chi connectivity index (χ0) is 18.7. The summed E-state index contributed by atoms with van der Waals surface area (Å²) in [6.45, 7) is 5.77. The van der Waals surface area contributed by atoms with Crippen molar-refractivity contribution in [1.82, 2.24) is 14.8 Å². The molecule has 4 nitrogen and oxygen atoms in total. The van der Waals surface area contributed by atoms with Gasteiger partial charge in [-0.25, -0.2) is 0 Å². The van der Waals surface area contributed by atoms with E-state index in [2.05, 4.69) is 10.2 Å². The molecule has 3 rings (SSSR count). The summed E-state index contributed by atoms with van der Waals surface area (Å²) in [7, 11) is 0. The van der Waals surface area contributed by atoms with Gasteiger partial charge in [0.15, 0.2) is 11.0 Å². The molecule has 0 saturated carbocycles. The van der Waals surface area contributed by atoms with Crippen molar-refractivity contribution in [3.8, 4) is 17.1 Å². The highest BCUT2D eigenvalue weighted by molar-refractivity contribution is 7.99. The Morgan fingerprint density at radius 3 is 2.35 bits per heavy atom. The second-order valence-corrected chi connectivity index (χ2v) is 8.27. The first-order valence-electron chi connectivity index (χ1n) is 8.30. The second kappa shape index (κ2) is 7.64. The lowest BCUT2D eigenvalue weighted by atomic mass is 9.92. The molecule has 1 heterocycles. The fraction of sp³-hybridized carbons (Fsp3) is 0.250. The standard InChI is InChI=1S/C20H20ClN3OS/c1-20(2,3)17(25)13-26-19-23-22-18(15-11-7-8-12-16(15)21)24(19)14-9-5-4-6-10-14/h4-12H,13H2,1-3H3. The van der Waals surface area contributed by atoms with Gasteiger partial charge in [-0.3, -0.25) is 9.36 Å². The number of halogens is 1. The maximum Gasteiger partial charge on any atom is 0.196 e. The fourth-order valence-corrected chi connectivity index (χ4v) is 3.67. The Morgan fingerprint density at radius 1 is 1.04 bits per heavy atom. The minimum Gasteiger partial charge on any atom is -0.298 e. The Labute approximate surface area is 162 Å². The number of ketones is 1. The van der Waals surface area contributed by atoms with Crippen molar-refractivity contribution in [1.29, 1.82) is 0 Å². The lowest BCUT2D eigenvalue weighted by Crippen LogP contribution is -2.22. The first-order valence-corrected chi connectivity index (χ1v) is 9.66. The van der Waals surface area contributed by atoms with Gasteiger partial charge in [0.25, 0.3) is 0 Å². The van der Waals surface area contributed by atoms with Crippen molar-refractivity contribution in [3.05, 3.63) is 59.6 Å². The van der Waals surface area contributed by atoms with Crippen LogP contribution in [-0.4, -0.2) is 26.3 Å². The number of nitrogens with zero attached hydrogens (tertiary/aromatic N) is 3. The Kier molecular flexibility index (Phi) is 5.49. The van der Waals surface area contributed by atoms with E-state index in [4.69, 9.17) is 11.6 Å². The average molecular weight is 386 g/mol. The van der Waals surface area contributed by atoms with E-state index in [-0.39, 0.29) is 11.2 Å². The van der Waals surface area contributed by atoms with Crippen LogP contribution in [0.1, 0.15) is 20.8 Å². The van der Waals surface area contributed by atoms with Crippen LogP contribution in [0.4, 0.5) is 0 Å². The van der Waals surface area contributed by atoms with Gasteiger partial charge >= 0.3 is 0 Å². The predicted molar refractivity (Wildman–Crippen MR) is 107 cm³/mol. The number of carbonyl (C=O) groups is 1. The SMILES string of the molecule is CC(C)(C)C(=O)CSc1nnc(-c2ccccc2Cl)n1-c1ccccc1. The average Bonchev–Trinajstić information content (AvgIpc) is 3.03. The molecule has 0 aliphatic rings. The van der Waals surface area contributed by atoms with Gasteiger partial charge in [0.2, 0.25) is 0 Å². The fourth-order valence-electron chi connectivity index (χ4n) is 2.34. The largest absolute Gasteiger partial charge is 0.298 e. The van der Waals surface area contributed by atoms with Crippen molar-refractivity contribution in [3.63, 3.8) is 0 Å². The van der Waals surface area contributed by atoms with E-state index in [1.165, 1.54) is 11.8 Å². The van der Waals surface area contributed by atoms with Gasteiger partial charge in [0, 0.05) is 16.7 Å². The zero-order valence-electron chi connectivity index (χ0n) is 14.9. The summed E-state index contributed by atoms with van der Waals surface area (Å²) < 4.78 is 1.95. The molecule has 26 heavy (non-hydrogen) atoms. The molecule has 0 aliphatic heterocycles. The highest BCUT2D eigenvalue weighted by Crippen LogP contribution is 2.32. The zero-order valence-corrected chi connectivity index (χ0v) is 16.5. The third-order valence-electron chi connectivity index (χ3n) is 3.93. The summed E-state index contributed by atoms with van der Waals surface area (Å²) in [5.74, 6) is 1.17. The molecule has 0 fully saturated rings. The Hall–Kier alpha value is -2.11. The molecule has 0 aliphatic carbocycles. The van der Waals surface area contributed by atoms with Crippen LogP contribution in [0.25, 0.3) is 17.1 Å². The maximum absolute atomic E-state index is 12.3. The van der Waals surface area contributed by atoms with Crippen LogP contribution in [0.3, 0.4) is 0 Å². The third-order valence-corrected chi connectivity index (χ3v) is 5.19. The number of thioether (sulfide) groups is 1. The maximum atomic E-state index is 12.3. The van der Waals surface area contributed by atoms with Gasteiger partial charge in [0.1, 0.15) is 5.78 Å². The van der Waals surface area contributed by atoms with E-state index in [0.717, 1.165) is 11.3 Å². The summed E-state index contributed by atoms with van der Waals surface area (Å²) in [6.07, 6.45) is 0. The van der Waals surface area contributed by atoms with Gasteiger partial charge in [0.05, 0.1) is 10.8 Å². The first-order chi connectivity index (χ1) is 12.4. The Morgan fingerprint density at radius 2 is 1.69 bits per heavy atom.